The maximum Gasteiger partial charge on any atom is 0.335 e. The van der Waals surface area contributed by atoms with Crippen LogP contribution in [0, 0.1) is 11.3 Å². The van der Waals surface area contributed by atoms with E-state index in [1.165, 1.54) is 0 Å². The first-order valence-corrected chi connectivity index (χ1v) is 8.91. The van der Waals surface area contributed by atoms with Gasteiger partial charge in [0.05, 0.1) is 24.3 Å². The van der Waals surface area contributed by atoms with E-state index in [1.54, 1.807) is 37.5 Å². The number of para-hydroxylation sites is 1. The Labute approximate surface area is 169 Å². The van der Waals surface area contributed by atoms with Gasteiger partial charge >= 0.3 is 5.97 Å². The zero-order valence-electron chi connectivity index (χ0n) is 15.8. The van der Waals surface area contributed by atoms with Crippen LogP contribution in [-0.4, -0.2) is 18.2 Å². The van der Waals surface area contributed by atoms with Gasteiger partial charge in [0.1, 0.15) is 18.1 Å². The van der Waals surface area contributed by atoms with Crippen molar-refractivity contribution in [1.29, 1.82) is 5.26 Å². The van der Waals surface area contributed by atoms with E-state index in [4.69, 9.17) is 14.6 Å². The van der Waals surface area contributed by atoms with Crippen molar-refractivity contribution in [1.82, 2.24) is 0 Å². The number of benzene rings is 3. The highest BCUT2D eigenvalue weighted by Gasteiger charge is 2.07. The predicted molar refractivity (Wildman–Crippen MR) is 111 cm³/mol. The summed E-state index contributed by atoms with van der Waals surface area (Å²) in [4.78, 5) is 10.9. The summed E-state index contributed by atoms with van der Waals surface area (Å²) < 4.78 is 11.1. The first-order valence-electron chi connectivity index (χ1n) is 8.91. The van der Waals surface area contributed by atoms with Gasteiger partial charge in [-0.05, 0) is 59.7 Å². The van der Waals surface area contributed by atoms with Gasteiger partial charge in [-0.1, -0.05) is 30.3 Å². The Hall–Kier alpha value is -4.04. The fourth-order valence-corrected chi connectivity index (χ4v) is 2.74. The van der Waals surface area contributed by atoms with Gasteiger partial charge in [0.25, 0.3) is 0 Å². The number of methoxy groups -OCH3 is 1. The number of allylic oxidation sites excluding steroid dienone is 1. The highest BCUT2D eigenvalue weighted by Crippen LogP contribution is 2.26. The fourth-order valence-electron chi connectivity index (χ4n) is 2.74. The van der Waals surface area contributed by atoms with Crippen LogP contribution in [0.25, 0.3) is 11.6 Å². The Morgan fingerprint density at radius 3 is 2.28 bits per heavy atom. The summed E-state index contributed by atoms with van der Waals surface area (Å²) in [7, 11) is 1.60. The largest absolute Gasteiger partial charge is 0.497 e. The molecule has 144 valence electrons. The summed E-state index contributed by atoms with van der Waals surface area (Å²) >= 11 is 0. The molecule has 3 rings (SSSR count). The molecule has 0 aliphatic heterocycles. The quantitative estimate of drug-likeness (QED) is 0.455. The van der Waals surface area contributed by atoms with Crippen LogP contribution in [0.3, 0.4) is 0 Å². The molecule has 29 heavy (non-hydrogen) atoms. The molecule has 0 atom stereocenters. The van der Waals surface area contributed by atoms with Gasteiger partial charge in [-0.2, -0.15) is 5.26 Å². The molecule has 0 spiro atoms. The second-order valence-electron chi connectivity index (χ2n) is 6.23. The molecule has 3 aromatic rings. The standard InChI is InChI=1S/C24H19NO4/c1-28-22-12-10-18(11-13-22)21(15-25)14-20-4-2-3-5-23(20)29-16-17-6-8-19(9-7-17)24(26)27/h2-14H,16H2,1H3,(H,26,27)/b21-14+. The van der Waals surface area contributed by atoms with Crippen molar-refractivity contribution in [3.8, 4) is 17.6 Å². The molecule has 0 amide bonds. The van der Waals surface area contributed by atoms with E-state index >= 15 is 0 Å². The van der Waals surface area contributed by atoms with E-state index in [0.29, 0.717) is 11.3 Å². The van der Waals surface area contributed by atoms with Crippen molar-refractivity contribution in [3.05, 3.63) is 95.1 Å². The van der Waals surface area contributed by atoms with Crippen LogP contribution in [0.2, 0.25) is 0 Å². The number of nitrogens with zero attached hydrogens (tertiary/aromatic N) is 1. The maximum atomic E-state index is 10.9. The molecule has 0 heterocycles. The molecule has 0 aliphatic carbocycles. The van der Waals surface area contributed by atoms with Crippen molar-refractivity contribution in [2.24, 2.45) is 0 Å². The highest BCUT2D eigenvalue weighted by molar-refractivity contribution is 5.90. The average molecular weight is 385 g/mol. The Kier molecular flexibility index (Phi) is 6.29. The van der Waals surface area contributed by atoms with Crippen LogP contribution in [0.5, 0.6) is 11.5 Å². The van der Waals surface area contributed by atoms with Crippen LogP contribution in [0.15, 0.2) is 72.8 Å². The number of nitriles is 1. The second kappa shape index (κ2) is 9.25. The number of aromatic carboxylic acids is 1. The van der Waals surface area contributed by atoms with Crippen LogP contribution in [0.1, 0.15) is 27.0 Å². The molecule has 5 heteroatoms. The van der Waals surface area contributed by atoms with Crippen LogP contribution < -0.4 is 9.47 Å². The van der Waals surface area contributed by atoms with Crippen molar-refractivity contribution in [2.75, 3.05) is 7.11 Å². The Balaban J connectivity index is 1.81. The minimum absolute atomic E-state index is 0.232. The third kappa shape index (κ3) is 5.02. The lowest BCUT2D eigenvalue weighted by Gasteiger charge is -2.10. The zero-order chi connectivity index (χ0) is 20.6. The van der Waals surface area contributed by atoms with E-state index in [9.17, 15) is 10.1 Å². The molecule has 0 aliphatic rings. The van der Waals surface area contributed by atoms with Crippen molar-refractivity contribution < 1.29 is 19.4 Å². The number of hydrogen-bond donors (Lipinski definition) is 1. The maximum absolute atomic E-state index is 10.9. The van der Waals surface area contributed by atoms with Gasteiger partial charge in [-0.15, -0.1) is 0 Å². The summed E-state index contributed by atoms with van der Waals surface area (Å²) in [5, 5.41) is 18.6. The molecule has 0 saturated heterocycles. The first-order chi connectivity index (χ1) is 14.1. The smallest absolute Gasteiger partial charge is 0.335 e. The lowest BCUT2D eigenvalue weighted by atomic mass is 10.0. The lowest BCUT2D eigenvalue weighted by Crippen LogP contribution is -1.99. The normalized spacial score (nSPS) is 10.8. The molecule has 3 aromatic carbocycles. The third-order valence-electron chi connectivity index (χ3n) is 4.34. The van der Waals surface area contributed by atoms with Crippen LogP contribution in [-0.2, 0) is 6.61 Å². The van der Waals surface area contributed by atoms with Crippen molar-refractivity contribution in [2.45, 2.75) is 6.61 Å². The summed E-state index contributed by atoms with van der Waals surface area (Å²) in [6.07, 6.45) is 1.78. The average Bonchev–Trinajstić information content (AvgIpc) is 2.77. The number of hydrogen-bond acceptors (Lipinski definition) is 4. The van der Waals surface area contributed by atoms with Gasteiger partial charge < -0.3 is 14.6 Å². The minimum Gasteiger partial charge on any atom is -0.497 e. The molecule has 5 nitrogen and oxygen atoms in total. The SMILES string of the molecule is COc1ccc(/C(C#N)=C/c2ccccc2OCc2ccc(C(=O)O)cc2)cc1. The van der Waals surface area contributed by atoms with E-state index in [-0.39, 0.29) is 12.2 Å². The molecular weight excluding hydrogens is 366 g/mol. The van der Waals surface area contributed by atoms with Crippen LogP contribution in [0.4, 0.5) is 0 Å². The molecule has 1 N–H and O–H groups in total. The lowest BCUT2D eigenvalue weighted by molar-refractivity contribution is 0.0697. The molecular formula is C24H19NO4. The van der Waals surface area contributed by atoms with Crippen molar-refractivity contribution in [3.63, 3.8) is 0 Å². The number of carboxylic acid groups (broad SMARTS) is 1. The summed E-state index contributed by atoms with van der Waals surface area (Å²) in [6.45, 7) is 0.287. The van der Waals surface area contributed by atoms with E-state index in [2.05, 4.69) is 6.07 Å². The second-order valence-corrected chi connectivity index (χ2v) is 6.23. The van der Waals surface area contributed by atoms with E-state index < -0.39 is 5.97 Å². The molecule has 0 saturated carbocycles. The first kappa shape index (κ1) is 19.7. The topological polar surface area (TPSA) is 79.5 Å². The van der Waals surface area contributed by atoms with E-state index in [1.807, 2.05) is 48.5 Å². The number of carboxylic acids is 1. The number of rotatable bonds is 7. The van der Waals surface area contributed by atoms with Crippen molar-refractivity contribution >= 4 is 17.6 Å². The summed E-state index contributed by atoms with van der Waals surface area (Å²) in [5.74, 6) is 0.398. The molecule has 0 aromatic heterocycles. The fraction of sp³-hybridized carbons (Fsp3) is 0.0833. The summed E-state index contributed by atoms with van der Waals surface area (Å²) in [6, 6.07) is 23.5. The van der Waals surface area contributed by atoms with Gasteiger partial charge in [0, 0.05) is 5.56 Å². The highest BCUT2D eigenvalue weighted by atomic mass is 16.5. The summed E-state index contributed by atoms with van der Waals surface area (Å²) in [5.41, 5.74) is 3.16. The predicted octanol–water partition coefficient (Wildman–Crippen LogP) is 5.04. The Morgan fingerprint density at radius 1 is 1.00 bits per heavy atom. The Morgan fingerprint density at radius 2 is 1.66 bits per heavy atom. The minimum atomic E-state index is -0.962. The third-order valence-corrected chi connectivity index (χ3v) is 4.34. The molecule has 0 fully saturated rings. The zero-order valence-corrected chi connectivity index (χ0v) is 15.8. The monoisotopic (exact) mass is 385 g/mol. The van der Waals surface area contributed by atoms with Gasteiger partial charge in [0.15, 0.2) is 0 Å². The number of ether oxygens (including phenoxy) is 2. The molecule has 0 radical (unpaired) electrons. The molecule has 0 bridgehead atoms. The van der Waals surface area contributed by atoms with Crippen LogP contribution >= 0.6 is 0 Å². The van der Waals surface area contributed by atoms with E-state index in [0.717, 1.165) is 22.4 Å². The Bertz CT molecular complexity index is 1060. The van der Waals surface area contributed by atoms with Gasteiger partial charge in [0.2, 0.25) is 0 Å². The number of carbonyl (C=O) groups is 1. The molecule has 0 unspecified atom stereocenters. The van der Waals surface area contributed by atoms with Gasteiger partial charge in [-0.3, -0.25) is 0 Å². The van der Waals surface area contributed by atoms with Gasteiger partial charge in [-0.25, -0.2) is 4.79 Å².